The molecule has 0 aliphatic heterocycles. The molecule has 0 bridgehead atoms. The number of thiophene rings is 1. The summed E-state index contributed by atoms with van der Waals surface area (Å²) in [6.07, 6.45) is 1.78. The van der Waals surface area contributed by atoms with E-state index in [0.717, 1.165) is 45.4 Å². The van der Waals surface area contributed by atoms with E-state index in [1.54, 1.807) is 36.4 Å². The zero-order valence-electron chi connectivity index (χ0n) is 20.8. The van der Waals surface area contributed by atoms with Crippen molar-refractivity contribution in [2.24, 2.45) is 5.41 Å². The lowest BCUT2D eigenvalue weighted by molar-refractivity contribution is -0.165. The summed E-state index contributed by atoms with van der Waals surface area (Å²) in [5.74, 6) is -3.27. The van der Waals surface area contributed by atoms with Gasteiger partial charge in [-0.3, -0.25) is 19.2 Å². The minimum absolute atomic E-state index is 0.248. The van der Waals surface area contributed by atoms with Gasteiger partial charge in [0.2, 0.25) is 0 Å². The number of hydrogen-bond donors (Lipinski definition) is 2. The van der Waals surface area contributed by atoms with Crippen LogP contribution >= 0.6 is 11.3 Å². The Morgan fingerprint density at radius 2 is 1.82 bits per heavy atom. The van der Waals surface area contributed by atoms with Crippen LogP contribution in [0.2, 0.25) is 0 Å². The van der Waals surface area contributed by atoms with Crippen molar-refractivity contribution in [3.63, 3.8) is 0 Å². The molecule has 0 saturated heterocycles. The Morgan fingerprint density at radius 1 is 1.05 bits per heavy atom. The molecule has 0 radical (unpaired) electrons. The summed E-state index contributed by atoms with van der Waals surface area (Å²) in [6, 6.07) is 13.6. The van der Waals surface area contributed by atoms with E-state index in [-0.39, 0.29) is 16.8 Å². The Hall–Kier alpha value is -4.12. The van der Waals surface area contributed by atoms with Gasteiger partial charge in [0.05, 0.1) is 16.9 Å². The molecule has 198 valence electrons. The molecule has 38 heavy (non-hydrogen) atoms. The number of carboxylic acids is 2. The third kappa shape index (κ3) is 5.57. The number of fused-ring (bicyclic) bond motifs is 2. The molecule has 2 N–H and O–H groups in total. The van der Waals surface area contributed by atoms with Crippen LogP contribution in [0, 0.1) is 5.41 Å². The molecule has 11 heteroatoms. The van der Waals surface area contributed by atoms with Crippen molar-refractivity contribution in [2.75, 3.05) is 6.61 Å². The predicted octanol–water partition coefficient (Wildman–Crippen LogP) is 4.39. The van der Waals surface area contributed by atoms with E-state index in [2.05, 4.69) is 17.2 Å². The zero-order chi connectivity index (χ0) is 27.3. The first-order valence-electron chi connectivity index (χ1n) is 12.2. The van der Waals surface area contributed by atoms with Crippen molar-refractivity contribution in [2.45, 2.75) is 45.6 Å². The summed E-state index contributed by atoms with van der Waals surface area (Å²) in [5.41, 5.74) is -2.61. The maximum atomic E-state index is 13.2. The number of rotatable bonds is 13. The highest BCUT2D eigenvalue weighted by atomic mass is 32.1. The Morgan fingerprint density at radius 3 is 2.55 bits per heavy atom. The van der Waals surface area contributed by atoms with Gasteiger partial charge in [0.25, 0.3) is 5.56 Å². The smallest absolute Gasteiger partial charge is 0.321 e. The van der Waals surface area contributed by atoms with Crippen LogP contribution in [0.15, 0.2) is 53.3 Å². The molecule has 2 aromatic carbocycles. The lowest BCUT2D eigenvalue weighted by Crippen LogP contribution is -2.43. The SMILES string of the molecule is CCCCCOc1ccc2cc(C(=O)CC(CCn3nnc4ccccc4c3=O)(C(=O)O)C(=O)O)sc2c1. The predicted molar refractivity (Wildman–Crippen MR) is 142 cm³/mol. The van der Waals surface area contributed by atoms with Gasteiger partial charge in [-0.25, -0.2) is 4.68 Å². The summed E-state index contributed by atoms with van der Waals surface area (Å²) in [5, 5.41) is 28.7. The molecule has 0 unspecified atom stereocenters. The minimum Gasteiger partial charge on any atom is -0.494 e. The van der Waals surface area contributed by atoms with Crippen LogP contribution in [-0.4, -0.2) is 49.5 Å². The van der Waals surface area contributed by atoms with Gasteiger partial charge in [-0.1, -0.05) is 37.1 Å². The van der Waals surface area contributed by atoms with E-state index < -0.39 is 41.5 Å². The lowest BCUT2D eigenvalue weighted by atomic mass is 9.79. The fraction of sp³-hybridized carbons (Fsp3) is 0.333. The molecule has 0 saturated carbocycles. The van der Waals surface area contributed by atoms with Crippen molar-refractivity contribution in [1.29, 1.82) is 0 Å². The number of ether oxygens (including phenoxy) is 1. The van der Waals surface area contributed by atoms with E-state index in [9.17, 15) is 29.4 Å². The number of aryl methyl sites for hydroxylation is 1. The second-order valence-electron chi connectivity index (χ2n) is 9.04. The molecular formula is C27H27N3O7S. The molecular weight excluding hydrogens is 510 g/mol. The molecule has 0 amide bonds. The topological polar surface area (TPSA) is 149 Å². The van der Waals surface area contributed by atoms with Crippen molar-refractivity contribution in [3.8, 4) is 5.75 Å². The second-order valence-corrected chi connectivity index (χ2v) is 10.1. The Labute approximate surface area is 221 Å². The number of aromatic nitrogens is 3. The molecule has 2 heterocycles. The summed E-state index contributed by atoms with van der Waals surface area (Å²) in [6.45, 7) is 2.35. The van der Waals surface area contributed by atoms with Crippen molar-refractivity contribution in [3.05, 3.63) is 63.8 Å². The van der Waals surface area contributed by atoms with Crippen LogP contribution in [0.4, 0.5) is 0 Å². The first-order chi connectivity index (χ1) is 18.2. The largest absolute Gasteiger partial charge is 0.494 e. The van der Waals surface area contributed by atoms with Gasteiger partial charge in [-0.15, -0.1) is 16.4 Å². The first kappa shape index (κ1) is 26.9. The quantitative estimate of drug-likeness (QED) is 0.144. The number of carboxylic acid groups (broad SMARTS) is 2. The van der Waals surface area contributed by atoms with Crippen LogP contribution in [0.1, 0.15) is 48.7 Å². The van der Waals surface area contributed by atoms with Gasteiger partial charge in [-0.2, -0.15) is 0 Å². The highest BCUT2D eigenvalue weighted by Gasteiger charge is 2.48. The Bertz CT molecular complexity index is 1550. The first-order valence-corrected chi connectivity index (χ1v) is 13.1. The number of benzene rings is 2. The van der Waals surface area contributed by atoms with E-state index in [0.29, 0.717) is 17.9 Å². The van der Waals surface area contributed by atoms with Crippen LogP contribution < -0.4 is 10.3 Å². The third-order valence-electron chi connectivity index (χ3n) is 6.44. The molecule has 2 aromatic heterocycles. The average molecular weight is 538 g/mol. The van der Waals surface area contributed by atoms with Crippen LogP contribution in [-0.2, 0) is 16.1 Å². The van der Waals surface area contributed by atoms with E-state index in [1.165, 1.54) is 0 Å². The number of ketones is 1. The van der Waals surface area contributed by atoms with E-state index >= 15 is 0 Å². The fourth-order valence-electron chi connectivity index (χ4n) is 4.15. The summed E-state index contributed by atoms with van der Waals surface area (Å²) in [4.78, 5) is 50.7. The second kappa shape index (κ2) is 11.5. The van der Waals surface area contributed by atoms with Gasteiger partial charge in [0, 0.05) is 17.7 Å². The summed E-state index contributed by atoms with van der Waals surface area (Å²) in [7, 11) is 0. The summed E-state index contributed by atoms with van der Waals surface area (Å²) >= 11 is 1.15. The highest BCUT2D eigenvalue weighted by molar-refractivity contribution is 7.20. The van der Waals surface area contributed by atoms with Crippen LogP contribution in [0.5, 0.6) is 5.75 Å². The van der Waals surface area contributed by atoms with Crippen molar-refractivity contribution < 1.29 is 29.3 Å². The van der Waals surface area contributed by atoms with Crippen molar-refractivity contribution in [1.82, 2.24) is 15.0 Å². The Balaban J connectivity index is 1.55. The van der Waals surface area contributed by atoms with E-state index in [1.807, 2.05) is 12.1 Å². The van der Waals surface area contributed by atoms with Gasteiger partial charge in [0.15, 0.2) is 11.2 Å². The fourth-order valence-corrected chi connectivity index (χ4v) is 5.18. The van der Waals surface area contributed by atoms with Crippen LogP contribution in [0.3, 0.4) is 0 Å². The maximum Gasteiger partial charge on any atom is 0.321 e. The molecule has 4 rings (SSSR count). The standard InChI is InChI=1S/C27H27N3O7S/c1-2-3-6-13-37-18-10-9-17-14-23(38-22(17)15-18)21(31)16-27(25(33)34,26(35)36)11-12-30-24(32)19-7-4-5-8-20(19)28-29-30/h4-5,7-10,14-15H,2-3,6,11-13,16H2,1H3,(H,33,34)(H,35,36). The molecule has 0 spiro atoms. The monoisotopic (exact) mass is 537 g/mol. The number of unbranched alkanes of at least 4 members (excludes halogenated alkanes) is 2. The number of carbonyl (C=O) groups excluding carboxylic acids is 1. The molecule has 0 fully saturated rings. The van der Waals surface area contributed by atoms with E-state index in [4.69, 9.17) is 4.74 Å². The number of hydrogen-bond acceptors (Lipinski definition) is 8. The Kier molecular flexibility index (Phi) is 8.16. The molecule has 4 aromatic rings. The maximum absolute atomic E-state index is 13.2. The number of carbonyl (C=O) groups is 3. The van der Waals surface area contributed by atoms with Gasteiger partial charge < -0.3 is 14.9 Å². The molecule has 10 nitrogen and oxygen atoms in total. The highest BCUT2D eigenvalue weighted by Crippen LogP contribution is 2.35. The number of Topliss-reactive ketones (excluding diaryl/α,β-unsaturated/α-hetero) is 1. The van der Waals surface area contributed by atoms with Crippen molar-refractivity contribution >= 4 is 50.0 Å². The summed E-state index contributed by atoms with van der Waals surface area (Å²) < 4.78 is 7.47. The number of nitrogens with zero attached hydrogens (tertiary/aromatic N) is 3. The lowest BCUT2D eigenvalue weighted by Gasteiger charge is -2.24. The molecule has 0 atom stereocenters. The average Bonchev–Trinajstić information content (AvgIpc) is 3.33. The molecule has 0 aliphatic rings. The molecule has 0 aliphatic carbocycles. The van der Waals surface area contributed by atoms with Gasteiger partial charge >= 0.3 is 11.9 Å². The number of aliphatic carboxylic acids is 2. The third-order valence-corrected chi connectivity index (χ3v) is 7.58. The van der Waals surface area contributed by atoms with Gasteiger partial charge in [-0.05, 0) is 54.6 Å². The van der Waals surface area contributed by atoms with Gasteiger partial charge in [0.1, 0.15) is 11.3 Å². The normalized spacial score (nSPS) is 11.6. The van der Waals surface area contributed by atoms with Crippen LogP contribution in [0.25, 0.3) is 21.0 Å². The zero-order valence-corrected chi connectivity index (χ0v) is 21.6. The minimum atomic E-state index is -2.45.